The van der Waals surface area contributed by atoms with Crippen molar-refractivity contribution >= 4 is 54.5 Å². The Labute approximate surface area is 188 Å². The van der Waals surface area contributed by atoms with Gasteiger partial charge in [0.1, 0.15) is 0 Å². The van der Waals surface area contributed by atoms with E-state index in [1.165, 1.54) is 24.3 Å². The smallest absolute Gasteiger partial charge is 0.265 e. The van der Waals surface area contributed by atoms with Gasteiger partial charge in [0.05, 0.1) is 31.7 Å². The number of hydrogen-bond acceptors (Lipinski definition) is 10. The summed E-state index contributed by atoms with van der Waals surface area (Å²) in [5, 5.41) is -1.37. The van der Waals surface area contributed by atoms with Gasteiger partial charge in [0.2, 0.25) is 10.9 Å². The van der Waals surface area contributed by atoms with Gasteiger partial charge in [0.25, 0.3) is 20.2 Å². The highest BCUT2D eigenvalue weighted by atomic mass is 32.2. The van der Waals surface area contributed by atoms with E-state index in [1.54, 1.807) is 0 Å². The number of rotatable bonds is 8. The van der Waals surface area contributed by atoms with Crippen molar-refractivity contribution in [2.45, 2.75) is 9.79 Å². The van der Waals surface area contributed by atoms with Crippen LogP contribution in [0, 0.1) is 10.4 Å². The molecule has 0 atom stereocenters. The first kappa shape index (κ1) is 24.5. The number of thioether (sulfide) groups is 2. The molecule has 32 heavy (non-hydrogen) atoms. The molecule has 2 aliphatic carbocycles. The maximum Gasteiger partial charge on any atom is 0.265 e. The first-order valence-corrected chi connectivity index (χ1v) is 13.9. The molecule has 0 amide bonds. The molecule has 0 saturated heterocycles. The first-order chi connectivity index (χ1) is 14.8. The highest BCUT2D eigenvalue weighted by Gasteiger charge is 2.22. The molecule has 3 rings (SSSR count). The summed E-state index contributed by atoms with van der Waals surface area (Å²) in [6.07, 6.45) is 0. The third-order valence-electron chi connectivity index (χ3n) is 4.37. The van der Waals surface area contributed by atoms with Gasteiger partial charge in [-0.3, -0.25) is 28.3 Å². The van der Waals surface area contributed by atoms with Crippen LogP contribution in [0.25, 0.3) is 10.8 Å². The van der Waals surface area contributed by atoms with Crippen molar-refractivity contribution < 1.29 is 25.9 Å². The lowest BCUT2D eigenvalue weighted by Gasteiger charge is -2.08. The predicted molar refractivity (Wildman–Crippen MR) is 121 cm³/mol. The zero-order chi connectivity index (χ0) is 23.8. The highest BCUT2D eigenvalue weighted by molar-refractivity contribution is 8.03. The van der Waals surface area contributed by atoms with E-state index in [-0.39, 0.29) is 32.1 Å². The molecule has 0 spiro atoms. The van der Waals surface area contributed by atoms with Gasteiger partial charge in [-0.1, -0.05) is 24.3 Å². The van der Waals surface area contributed by atoms with Gasteiger partial charge in [-0.25, -0.2) is 0 Å². The van der Waals surface area contributed by atoms with E-state index in [1.807, 2.05) is 0 Å². The van der Waals surface area contributed by atoms with E-state index in [0.29, 0.717) is 23.5 Å². The van der Waals surface area contributed by atoms with Crippen LogP contribution in [0.3, 0.4) is 0 Å². The van der Waals surface area contributed by atoms with Crippen LogP contribution in [0.2, 0.25) is 0 Å². The standard InChI is InChI=1S/C18H14O10S4/c19-13-9-3-1-2-4-10(9)14(20)12-11(13)15(21)17(29-5-7-31(23,24)25)18(16(12)22)30-6-8-32(26,27)28/h1-4H,5-8H2,(H,23,24,25)(H,26,27,28). The topological polar surface area (TPSA) is 177 Å². The van der Waals surface area contributed by atoms with Gasteiger partial charge in [0, 0.05) is 22.3 Å². The fourth-order valence-electron chi connectivity index (χ4n) is 3.00. The summed E-state index contributed by atoms with van der Waals surface area (Å²) in [6.45, 7) is 0. The molecule has 170 valence electrons. The Bertz CT molecular complexity index is 1580. The number of hydrogen-bond donors (Lipinski definition) is 2. The van der Waals surface area contributed by atoms with Crippen molar-refractivity contribution in [3.63, 3.8) is 0 Å². The van der Waals surface area contributed by atoms with Crippen molar-refractivity contribution in [2.75, 3.05) is 23.0 Å². The molecule has 14 heteroatoms. The molecule has 0 heterocycles. The zero-order valence-electron chi connectivity index (χ0n) is 15.9. The largest absolute Gasteiger partial charge is 0.288 e. The third kappa shape index (κ3) is 5.10. The van der Waals surface area contributed by atoms with Gasteiger partial charge in [-0.2, -0.15) is 16.8 Å². The Morgan fingerprint density at radius 3 is 1.28 bits per heavy atom. The minimum atomic E-state index is -4.38. The van der Waals surface area contributed by atoms with Crippen LogP contribution >= 0.6 is 23.5 Å². The molecule has 0 radical (unpaired) electrons. The molecule has 1 aromatic carbocycles. The van der Waals surface area contributed by atoms with Gasteiger partial charge in [0.15, 0.2) is 10.9 Å². The van der Waals surface area contributed by atoms with Crippen LogP contribution in [-0.2, 0) is 20.2 Å². The lowest BCUT2D eigenvalue weighted by molar-refractivity contribution is 0.483. The van der Waals surface area contributed by atoms with Crippen LogP contribution < -0.4 is 21.7 Å². The first-order valence-electron chi connectivity index (χ1n) is 8.74. The molecule has 0 saturated carbocycles. The molecular weight excluding hydrogens is 504 g/mol. The molecule has 10 nitrogen and oxygen atoms in total. The molecular formula is C18H14O10S4. The Hall–Kier alpha value is -2.10. The lowest BCUT2D eigenvalue weighted by Crippen LogP contribution is -2.31. The zero-order valence-corrected chi connectivity index (χ0v) is 19.2. The van der Waals surface area contributed by atoms with Crippen LogP contribution in [0.1, 0.15) is 0 Å². The quantitative estimate of drug-likeness (QED) is 0.298. The number of fused-ring (bicyclic) bond motifs is 1. The van der Waals surface area contributed by atoms with Crippen molar-refractivity contribution in [1.29, 1.82) is 0 Å². The van der Waals surface area contributed by atoms with E-state index >= 15 is 0 Å². The van der Waals surface area contributed by atoms with Gasteiger partial charge in [-0.15, -0.1) is 23.5 Å². The molecule has 0 fully saturated rings. The molecule has 2 N–H and O–H groups in total. The molecule has 0 bridgehead atoms. The van der Waals surface area contributed by atoms with Gasteiger partial charge >= 0.3 is 0 Å². The average Bonchev–Trinajstić information content (AvgIpc) is 2.68. The summed E-state index contributed by atoms with van der Waals surface area (Å²) in [4.78, 5) is 51.4. The summed E-state index contributed by atoms with van der Waals surface area (Å²) in [5.74, 6) is -2.21. The molecule has 0 aromatic heterocycles. The second-order valence-corrected chi connectivity index (χ2v) is 11.9. The second kappa shape index (κ2) is 9.03. The maximum atomic E-state index is 13.1. The normalized spacial score (nSPS) is 12.6. The van der Waals surface area contributed by atoms with Crippen molar-refractivity contribution in [2.24, 2.45) is 0 Å². The van der Waals surface area contributed by atoms with Crippen molar-refractivity contribution in [3.05, 3.63) is 75.6 Å². The number of benzene rings is 1. The van der Waals surface area contributed by atoms with Crippen LogP contribution in [-0.4, -0.2) is 49.0 Å². The van der Waals surface area contributed by atoms with Crippen LogP contribution in [0.15, 0.2) is 53.2 Å². The summed E-state index contributed by atoms with van der Waals surface area (Å²) >= 11 is 1.16. The van der Waals surface area contributed by atoms with Crippen molar-refractivity contribution in [3.8, 4) is 0 Å². The Balaban J connectivity index is 2.35. The third-order valence-corrected chi connectivity index (χ3v) is 8.63. The molecule has 0 unspecified atom stereocenters. The van der Waals surface area contributed by atoms with Gasteiger partial charge in [-0.05, 0) is 0 Å². The summed E-state index contributed by atoms with van der Waals surface area (Å²) in [7, 11) is -8.77. The maximum absolute atomic E-state index is 13.1. The summed E-state index contributed by atoms with van der Waals surface area (Å²) in [5.41, 5.74) is -3.60. The summed E-state index contributed by atoms with van der Waals surface area (Å²) in [6, 6.07) is 5.64. The second-order valence-electron chi connectivity index (χ2n) is 6.54. The molecule has 1 aromatic rings. The SMILES string of the molecule is O=c1c(SCCS(=O)(=O)O)c(SCCS(=O)(=O)O)c(=O)c2c(=O)c3ccccc3c(=O)c1=2. The van der Waals surface area contributed by atoms with E-state index in [2.05, 4.69) is 0 Å². The molecule has 2 aliphatic rings. The fraction of sp³-hybridized carbons (Fsp3) is 0.222. The van der Waals surface area contributed by atoms with Crippen molar-refractivity contribution in [1.82, 2.24) is 0 Å². The average molecular weight is 519 g/mol. The highest BCUT2D eigenvalue weighted by Crippen LogP contribution is 2.26. The Kier molecular flexibility index (Phi) is 6.93. The summed E-state index contributed by atoms with van der Waals surface area (Å²) < 4.78 is 61.9. The van der Waals surface area contributed by atoms with Gasteiger partial charge < -0.3 is 0 Å². The van der Waals surface area contributed by atoms with Crippen LogP contribution in [0.4, 0.5) is 0 Å². The lowest BCUT2D eigenvalue weighted by atomic mass is 10.0. The van der Waals surface area contributed by atoms with E-state index in [9.17, 15) is 36.0 Å². The minimum Gasteiger partial charge on any atom is -0.288 e. The van der Waals surface area contributed by atoms with E-state index in [4.69, 9.17) is 9.11 Å². The monoisotopic (exact) mass is 518 g/mol. The molecule has 0 aliphatic heterocycles. The van der Waals surface area contributed by atoms with Crippen LogP contribution in [0.5, 0.6) is 0 Å². The minimum absolute atomic E-state index is 0.0536. The van der Waals surface area contributed by atoms with E-state index < -0.39 is 63.9 Å². The Morgan fingerprint density at radius 2 is 0.969 bits per heavy atom. The predicted octanol–water partition coefficient (Wildman–Crippen LogP) is -0.159. The Morgan fingerprint density at radius 1 is 0.625 bits per heavy atom. The van der Waals surface area contributed by atoms with E-state index in [0.717, 1.165) is 0 Å². The fourth-order valence-corrected chi connectivity index (χ4v) is 7.03.